The first-order valence-corrected chi connectivity index (χ1v) is 4.54. The third-order valence-corrected chi connectivity index (χ3v) is 1.73. The van der Waals surface area contributed by atoms with E-state index >= 15 is 0 Å². The van der Waals surface area contributed by atoms with E-state index < -0.39 is 0 Å². The van der Waals surface area contributed by atoms with E-state index in [1.165, 1.54) is 0 Å². The molecular weight excluding hydrogens is 182 g/mol. The number of ether oxygens (including phenoxy) is 1. The fourth-order valence-corrected chi connectivity index (χ4v) is 1.05. The van der Waals surface area contributed by atoms with Gasteiger partial charge in [0.25, 0.3) is 0 Å². The van der Waals surface area contributed by atoms with Crippen LogP contribution in [0.5, 0.6) is 0 Å². The maximum Gasteiger partial charge on any atom is 0.239 e. The molecule has 0 aromatic carbocycles. The van der Waals surface area contributed by atoms with Gasteiger partial charge in [0.2, 0.25) is 5.91 Å². The summed E-state index contributed by atoms with van der Waals surface area (Å²) in [6.45, 7) is 1.65. The van der Waals surface area contributed by atoms with E-state index in [9.17, 15) is 4.79 Å². The molecule has 1 rings (SSSR count). The summed E-state index contributed by atoms with van der Waals surface area (Å²) in [5, 5.41) is 2.79. The minimum atomic E-state index is -0.000830. The van der Waals surface area contributed by atoms with Gasteiger partial charge in [-0.1, -0.05) is 0 Å². The SMILES string of the molecule is COCCCNC(=O)Cn1ccnc1. The van der Waals surface area contributed by atoms with E-state index in [-0.39, 0.29) is 5.91 Å². The molecule has 5 heteroatoms. The molecule has 0 saturated carbocycles. The van der Waals surface area contributed by atoms with Crippen LogP contribution in [0.15, 0.2) is 18.7 Å². The Labute approximate surface area is 83.1 Å². The number of hydrogen-bond donors (Lipinski definition) is 1. The summed E-state index contributed by atoms with van der Waals surface area (Å²) in [4.78, 5) is 15.1. The lowest BCUT2D eigenvalue weighted by molar-refractivity contribution is -0.121. The van der Waals surface area contributed by atoms with Crippen LogP contribution in [0.3, 0.4) is 0 Å². The van der Waals surface area contributed by atoms with Crippen LogP contribution >= 0.6 is 0 Å². The van der Waals surface area contributed by atoms with Crippen molar-refractivity contribution in [3.05, 3.63) is 18.7 Å². The molecule has 5 nitrogen and oxygen atoms in total. The summed E-state index contributed by atoms with van der Waals surface area (Å²) in [6, 6.07) is 0. The van der Waals surface area contributed by atoms with E-state index in [0.717, 1.165) is 6.42 Å². The lowest BCUT2D eigenvalue weighted by Gasteiger charge is -2.04. The zero-order valence-electron chi connectivity index (χ0n) is 8.27. The van der Waals surface area contributed by atoms with Crippen LogP contribution in [0.25, 0.3) is 0 Å². The number of hydrogen-bond acceptors (Lipinski definition) is 3. The Bertz CT molecular complexity index is 259. The summed E-state index contributed by atoms with van der Waals surface area (Å²) in [6.07, 6.45) is 5.87. The molecule has 0 unspecified atom stereocenters. The van der Waals surface area contributed by atoms with E-state index in [4.69, 9.17) is 4.74 Å². The largest absolute Gasteiger partial charge is 0.385 e. The van der Waals surface area contributed by atoms with Gasteiger partial charge in [0.15, 0.2) is 0 Å². The molecule has 0 aliphatic rings. The maximum atomic E-state index is 11.3. The Morgan fingerprint density at radius 3 is 3.14 bits per heavy atom. The molecule has 0 radical (unpaired) electrons. The van der Waals surface area contributed by atoms with Gasteiger partial charge in [-0.25, -0.2) is 4.98 Å². The smallest absolute Gasteiger partial charge is 0.239 e. The first kappa shape index (κ1) is 10.7. The normalized spacial score (nSPS) is 10.1. The van der Waals surface area contributed by atoms with Gasteiger partial charge in [0.05, 0.1) is 6.33 Å². The number of rotatable bonds is 6. The molecule has 1 aromatic rings. The Morgan fingerprint density at radius 2 is 2.50 bits per heavy atom. The second-order valence-corrected chi connectivity index (χ2v) is 2.93. The zero-order valence-corrected chi connectivity index (χ0v) is 8.27. The number of methoxy groups -OCH3 is 1. The van der Waals surface area contributed by atoms with Crippen molar-refractivity contribution < 1.29 is 9.53 Å². The van der Waals surface area contributed by atoms with Crippen molar-refractivity contribution in [3.8, 4) is 0 Å². The average Bonchev–Trinajstić information content (AvgIpc) is 2.65. The van der Waals surface area contributed by atoms with Crippen LogP contribution in [-0.4, -0.2) is 35.7 Å². The van der Waals surface area contributed by atoms with Gasteiger partial charge < -0.3 is 14.6 Å². The van der Waals surface area contributed by atoms with E-state index in [0.29, 0.717) is 19.7 Å². The number of nitrogens with zero attached hydrogens (tertiary/aromatic N) is 2. The topological polar surface area (TPSA) is 56.1 Å². The number of carbonyl (C=O) groups excluding carboxylic acids is 1. The highest BCUT2D eigenvalue weighted by Crippen LogP contribution is 1.85. The number of carbonyl (C=O) groups is 1. The van der Waals surface area contributed by atoms with E-state index in [1.54, 1.807) is 30.4 Å². The van der Waals surface area contributed by atoms with Gasteiger partial charge in [-0.15, -0.1) is 0 Å². The zero-order chi connectivity index (χ0) is 10.2. The fraction of sp³-hybridized carbons (Fsp3) is 0.556. The predicted molar refractivity (Wildman–Crippen MR) is 51.7 cm³/mol. The lowest BCUT2D eigenvalue weighted by atomic mass is 10.4. The molecule has 0 aliphatic carbocycles. The van der Waals surface area contributed by atoms with Gasteiger partial charge in [-0.2, -0.15) is 0 Å². The Hall–Kier alpha value is -1.36. The van der Waals surface area contributed by atoms with Gasteiger partial charge in [0, 0.05) is 32.7 Å². The molecule has 0 spiro atoms. The quantitative estimate of drug-likeness (QED) is 0.655. The van der Waals surface area contributed by atoms with Crippen molar-refractivity contribution in [3.63, 3.8) is 0 Å². The van der Waals surface area contributed by atoms with E-state index in [2.05, 4.69) is 10.3 Å². The number of imidazole rings is 1. The average molecular weight is 197 g/mol. The molecule has 78 valence electrons. The van der Waals surface area contributed by atoms with Gasteiger partial charge in [0.1, 0.15) is 6.54 Å². The van der Waals surface area contributed by atoms with Crippen molar-refractivity contribution >= 4 is 5.91 Å². The van der Waals surface area contributed by atoms with Crippen LogP contribution in [0.2, 0.25) is 0 Å². The van der Waals surface area contributed by atoms with Crippen molar-refractivity contribution in [2.75, 3.05) is 20.3 Å². The summed E-state index contributed by atoms with van der Waals surface area (Å²) < 4.78 is 6.59. The van der Waals surface area contributed by atoms with Gasteiger partial charge in [-0.3, -0.25) is 4.79 Å². The van der Waals surface area contributed by atoms with Gasteiger partial charge >= 0.3 is 0 Å². The monoisotopic (exact) mass is 197 g/mol. The Morgan fingerprint density at radius 1 is 1.64 bits per heavy atom. The second-order valence-electron chi connectivity index (χ2n) is 2.93. The molecule has 0 saturated heterocycles. The van der Waals surface area contributed by atoms with Gasteiger partial charge in [-0.05, 0) is 6.42 Å². The second kappa shape index (κ2) is 6.15. The van der Waals surface area contributed by atoms with Crippen LogP contribution in [0, 0.1) is 0 Å². The summed E-state index contributed by atoms with van der Waals surface area (Å²) in [5.41, 5.74) is 0. The number of nitrogens with one attached hydrogen (secondary N) is 1. The molecule has 0 aliphatic heterocycles. The number of amides is 1. The maximum absolute atomic E-state index is 11.3. The van der Waals surface area contributed by atoms with Crippen LogP contribution in [-0.2, 0) is 16.1 Å². The first-order chi connectivity index (χ1) is 6.83. The van der Waals surface area contributed by atoms with Crippen LogP contribution in [0.1, 0.15) is 6.42 Å². The minimum Gasteiger partial charge on any atom is -0.385 e. The Kier molecular flexibility index (Phi) is 4.71. The predicted octanol–water partition coefficient (Wildman–Crippen LogP) is 0.0358. The Balaban J connectivity index is 2.11. The number of aromatic nitrogens is 2. The fourth-order valence-electron chi connectivity index (χ4n) is 1.05. The third-order valence-electron chi connectivity index (χ3n) is 1.73. The highest BCUT2D eigenvalue weighted by atomic mass is 16.5. The molecule has 0 fully saturated rings. The summed E-state index contributed by atoms with van der Waals surface area (Å²) in [5.74, 6) is -0.000830. The van der Waals surface area contributed by atoms with Crippen molar-refractivity contribution in [1.82, 2.24) is 14.9 Å². The van der Waals surface area contributed by atoms with Crippen molar-refractivity contribution in [2.24, 2.45) is 0 Å². The minimum absolute atomic E-state index is 0.000830. The highest BCUT2D eigenvalue weighted by molar-refractivity contribution is 5.75. The molecule has 0 bridgehead atoms. The molecule has 1 amide bonds. The van der Waals surface area contributed by atoms with Crippen molar-refractivity contribution in [2.45, 2.75) is 13.0 Å². The first-order valence-electron chi connectivity index (χ1n) is 4.54. The molecule has 1 aromatic heterocycles. The van der Waals surface area contributed by atoms with Crippen LogP contribution < -0.4 is 5.32 Å². The lowest BCUT2D eigenvalue weighted by Crippen LogP contribution is -2.28. The highest BCUT2D eigenvalue weighted by Gasteiger charge is 2.00. The third kappa shape index (κ3) is 4.04. The van der Waals surface area contributed by atoms with Crippen molar-refractivity contribution in [1.29, 1.82) is 0 Å². The molecule has 0 atom stereocenters. The summed E-state index contributed by atoms with van der Waals surface area (Å²) >= 11 is 0. The summed E-state index contributed by atoms with van der Waals surface area (Å²) in [7, 11) is 1.65. The van der Waals surface area contributed by atoms with E-state index in [1.807, 2.05) is 0 Å². The molecular formula is C9H15N3O2. The van der Waals surface area contributed by atoms with Crippen LogP contribution in [0.4, 0.5) is 0 Å². The standard InChI is InChI=1S/C9H15N3O2/c1-14-6-2-3-11-9(13)7-12-5-4-10-8-12/h4-5,8H,2-3,6-7H2,1H3,(H,11,13). The molecule has 1 N–H and O–H groups in total. The molecule has 14 heavy (non-hydrogen) atoms. The molecule has 1 heterocycles.